The number of nitro benzene ring substituents is 1. The molecule has 0 amide bonds. The summed E-state index contributed by atoms with van der Waals surface area (Å²) in [4.78, 5) is 10.8. The van der Waals surface area contributed by atoms with Crippen LogP contribution in [0.2, 0.25) is 0 Å². The monoisotopic (exact) mass is 278 g/mol. The highest BCUT2D eigenvalue weighted by Crippen LogP contribution is 2.24. The topological polar surface area (TPSA) is 55.2 Å². The quantitative estimate of drug-likeness (QED) is 0.581. The summed E-state index contributed by atoms with van der Waals surface area (Å²) in [6.07, 6.45) is 1.77. The molecule has 1 aromatic carbocycles. The van der Waals surface area contributed by atoms with Gasteiger partial charge in [-0.1, -0.05) is 45.9 Å². The Bertz CT molecular complexity index is 432. The van der Waals surface area contributed by atoms with Crippen molar-refractivity contribution in [3.8, 4) is 0 Å². The molecule has 1 aromatic rings. The van der Waals surface area contributed by atoms with Crippen LogP contribution in [0.25, 0.3) is 0 Å². The number of benzene rings is 1. The maximum absolute atomic E-state index is 11.1. The second-order valence-electron chi connectivity index (χ2n) is 5.75. The number of para-hydroxylation sites is 1. The van der Waals surface area contributed by atoms with Crippen molar-refractivity contribution in [1.29, 1.82) is 0 Å². The van der Waals surface area contributed by atoms with E-state index in [2.05, 4.69) is 33.0 Å². The van der Waals surface area contributed by atoms with E-state index in [0.717, 1.165) is 18.5 Å². The summed E-state index contributed by atoms with van der Waals surface area (Å²) in [5, 5.41) is 14.6. The van der Waals surface area contributed by atoms with Crippen LogP contribution in [0.15, 0.2) is 24.3 Å². The summed E-state index contributed by atoms with van der Waals surface area (Å²) >= 11 is 0. The van der Waals surface area contributed by atoms with Crippen LogP contribution in [0.3, 0.4) is 0 Å². The van der Waals surface area contributed by atoms with Gasteiger partial charge in [0.05, 0.1) is 4.92 Å². The Morgan fingerprint density at radius 3 is 2.45 bits per heavy atom. The SMILES string of the molecule is CCCNC(Cc1ccccc1[N+](=O)[O-])C(C)C(C)C. The molecule has 20 heavy (non-hydrogen) atoms. The molecule has 2 unspecified atom stereocenters. The summed E-state index contributed by atoms with van der Waals surface area (Å²) < 4.78 is 0. The first-order chi connectivity index (χ1) is 9.47. The molecule has 1 N–H and O–H groups in total. The highest BCUT2D eigenvalue weighted by Gasteiger charge is 2.23. The Hall–Kier alpha value is -1.42. The van der Waals surface area contributed by atoms with Gasteiger partial charge in [-0.2, -0.15) is 0 Å². The van der Waals surface area contributed by atoms with Gasteiger partial charge in [0.25, 0.3) is 5.69 Å². The van der Waals surface area contributed by atoms with Gasteiger partial charge in [-0.25, -0.2) is 0 Å². The lowest BCUT2D eigenvalue weighted by Crippen LogP contribution is -2.39. The van der Waals surface area contributed by atoms with Crippen molar-refractivity contribution in [2.24, 2.45) is 11.8 Å². The van der Waals surface area contributed by atoms with Gasteiger partial charge in [0.2, 0.25) is 0 Å². The highest BCUT2D eigenvalue weighted by molar-refractivity contribution is 5.40. The summed E-state index contributed by atoms with van der Waals surface area (Å²) in [5.41, 5.74) is 1.05. The molecule has 4 heteroatoms. The Morgan fingerprint density at radius 1 is 1.25 bits per heavy atom. The first-order valence-electron chi connectivity index (χ1n) is 7.43. The van der Waals surface area contributed by atoms with Gasteiger partial charge in [-0.15, -0.1) is 0 Å². The number of rotatable bonds is 8. The second-order valence-corrected chi connectivity index (χ2v) is 5.75. The number of hydrogen-bond donors (Lipinski definition) is 1. The fourth-order valence-electron chi connectivity index (χ4n) is 2.34. The minimum Gasteiger partial charge on any atom is -0.313 e. The van der Waals surface area contributed by atoms with E-state index >= 15 is 0 Å². The van der Waals surface area contributed by atoms with Crippen molar-refractivity contribution >= 4 is 5.69 Å². The molecule has 4 nitrogen and oxygen atoms in total. The molecule has 0 heterocycles. The van der Waals surface area contributed by atoms with Gasteiger partial charge in [0, 0.05) is 17.7 Å². The van der Waals surface area contributed by atoms with E-state index < -0.39 is 0 Å². The van der Waals surface area contributed by atoms with Crippen LogP contribution >= 0.6 is 0 Å². The Morgan fingerprint density at radius 2 is 1.90 bits per heavy atom. The zero-order chi connectivity index (χ0) is 15.1. The van der Waals surface area contributed by atoms with Crippen LogP contribution in [0.4, 0.5) is 5.69 Å². The zero-order valence-corrected chi connectivity index (χ0v) is 12.9. The normalized spacial score (nSPS) is 14.2. The molecule has 0 aliphatic rings. The largest absolute Gasteiger partial charge is 0.313 e. The molecule has 0 aliphatic heterocycles. The Kier molecular flexibility index (Phi) is 6.65. The fourth-order valence-corrected chi connectivity index (χ4v) is 2.34. The van der Waals surface area contributed by atoms with E-state index in [-0.39, 0.29) is 16.7 Å². The van der Waals surface area contributed by atoms with Gasteiger partial charge in [-0.3, -0.25) is 10.1 Å². The second kappa shape index (κ2) is 8.00. The number of nitro groups is 1. The predicted octanol–water partition coefficient (Wildman–Crippen LogP) is 3.80. The van der Waals surface area contributed by atoms with Crippen LogP contribution in [-0.4, -0.2) is 17.5 Å². The number of hydrogen-bond acceptors (Lipinski definition) is 3. The maximum atomic E-state index is 11.1. The van der Waals surface area contributed by atoms with E-state index in [1.165, 1.54) is 0 Å². The molecule has 2 atom stereocenters. The lowest BCUT2D eigenvalue weighted by Gasteiger charge is -2.28. The summed E-state index contributed by atoms with van der Waals surface area (Å²) in [5.74, 6) is 1.02. The van der Waals surface area contributed by atoms with Crippen LogP contribution in [-0.2, 0) is 6.42 Å². The van der Waals surface area contributed by atoms with E-state index in [4.69, 9.17) is 0 Å². The number of nitrogens with zero attached hydrogens (tertiary/aromatic N) is 1. The molecule has 0 radical (unpaired) electrons. The Labute approximate surface area is 121 Å². The molecule has 0 saturated carbocycles. The minimum atomic E-state index is -0.285. The molecule has 0 aromatic heterocycles. The van der Waals surface area contributed by atoms with Crippen LogP contribution < -0.4 is 5.32 Å². The summed E-state index contributed by atoms with van der Waals surface area (Å²) in [6, 6.07) is 7.33. The molecular weight excluding hydrogens is 252 g/mol. The molecule has 0 aliphatic carbocycles. The van der Waals surface area contributed by atoms with Crippen molar-refractivity contribution in [1.82, 2.24) is 5.32 Å². The Balaban J connectivity index is 2.91. The van der Waals surface area contributed by atoms with E-state index in [0.29, 0.717) is 18.3 Å². The van der Waals surface area contributed by atoms with E-state index in [9.17, 15) is 10.1 Å². The van der Waals surface area contributed by atoms with Crippen LogP contribution in [0.5, 0.6) is 0 Å². The van der Waals surface area contributed by atoms with Gasteiger partial charge in [0.1, 0.15) is 0 Å². The predicted molar refractivity (Wildman–Crippen MR) is 82.9 cm³/mol. The molecule has 0 fully saturated rings. The zero-order valence-electron chi connectivity index (χ0n) is 12.9. The van der Waals surface area contributed by atoms with Crippen molar-refractivity contribution < 1.29 is 4.92 Å². The standard InChI is InChI=1S/C16H26N2O2/c1-5-10-17-15(13(4)12(2)3)11-14-8-6-7-9-16(14)18(19)20/h6-9,12-13,15,17H,5,10-11H2,1-4H3. The lowest BCUT2D eigenvalue weighted by molar-refractivity contribution is -0.385. The summed E-state index contributed by atoms with van der Waals surface area (Å²) in [7, 11) is 0. The van der Waals surface area contributed by atoms with Crippen molar-refractivity contribution in [2.45, 2.75) is 46.6 Å². The smallest absolute Gasteiger partial charge is 0.272 e. The van der Waals surface area contributed by atoms with Crippen LogP contribution in [0, 0.1) is 22.0 Å². The molecule has 0 spiro atoms. The van der Waals surface area contributed by atoms with Crippen molar-refractivity contribution in [2.75, 3.05) is 6.54 Å². The molecule has 112 valence electrons. The molecule has 0 saturated heterocycles. The van der Waals surface area contributed by atoms with Crippen LogP contribution in [0.1, 0.15) is 39.7 Å². The first-order valence-corrected chi connectivity index (χ1v) is 7.43. The highest BCUT2D eigenvalue weighted by atomic mass is 16.6. The van der Waals surface area contributed by atoms with Crippen molar-refractivity contribution in [3.05, 3.63) is 39.9 Å². The van der Waals surface area contributed by atoms with Gasteiger partial charge in [0.15, 0.2) is 0 Å². The van der Waals surface area contributed by atoms with Gasteiger partial charge < -0.3 is 5.32 Å². The minimum absolute atomic E-state index is 0.228. The maximum Gasteiger partial charge on any atom is 0.272 e. The number of nitrogens with one attached hydrogen (secondary N) is 1. The van der Waals surface area contributed by atoms with E-state index in [1.807, 2.05) is 12.1 Å². The average molecular weight is 278 g/mol. The third kappa shape index (κ3) is 4.60. The average Bonchev–Trinajstić information content (AvgIpc) is 2.42. The first kappa shape index (κ1) is 16.6. The van der Waals surface area contributed by atoms with E-state index in [1.54, 1.807) is 12.1 Å². The van der Waals surface area contributed by atoms with Gasteiger partial charge in [-0.05, 0) is 31.2 Å². The van der Waals surface area contributed by atoms with Gasteiger partial charge >= 0.3 is 0 Å². The third-order valence-electron chi connectivity index (χ3n) is 3.97. The molecule has 1 rings (SSSR count). The molecular formula is C16H26N2O2. The third-order valence-corrected chi connectivity index (χ3v) is 3.97. The molecule has 0 bridgehead atoms. The van der Waals surface area contributed by atoms with Crippen molar-refractivity contribution in [3.63, 3.8) is 0 Å². The lowest BCUT2D eigenvalue weighted by atomic mass is 9.86. The summed E-state index contributed by atoms with van der Waals surface area (Å²) in [6.45, 7) is 9.69. The fraction of sp³-hybridized carbons (Fsp3) is 0.625.